The van der Waals surface area contributed by atoms with Gasteiger partial charge in [0.05, 0.1) is 7.11 Å². The Morgan fingerprint density at radius 1 is 1.33 bits per heavy atom. The molecule has 1 heterocycles. The number of aryl methyl sites for hydroxylation is 1. The molecule has 0 spiro atoms. The van der Waals surface area contributed by atoms with Crippen LogP contribution < -0.4 is 5.73 Å². The van der Waals surface area contributed by atoms with E-state index in [1.165, 1.54) is 12.7 Å². The number of benzene rings is 1. The number of hydrogen-bond donors (Lipinski definition) is 1. The Hall–Kier alpha value is -1.88. The van der Waals surface area contributed by atoms with Crippen LogP contribution in [-0.2, 0) is 20.7 Å². The standard InChI is InChI=1S/C19H28N2O3/c1-24-18(23)8-5-12-21-13-11-19(15-20,14-17(21)22)10-9-16-6-3-2-4-7-16/h2-4,6-7H,5,8-15,20H2,1H3/t19-/m0/s1. The molecule has 0 radical (unpaired) electrons. The van der Waals surface area contributed by atoms with E-state index in [0.717, 1.165) is 25.8 Å². The van der Waals surface area contributed by atoms with Crippen LogP contribution in [0.3, 0.4) is 0 Å². The summed E-state index contributed by atoms with van der Waals surface area (Å²) < 4.78 is 4.63. The molecule has 1 aromatic rings. The second-order valence-corrected chi connectivity index (χ2v) is 6.68. The summed E-state index contributed by atoms with van der Waals surface area (Å²) in [7, 11) is 1.39. The van der Waals surface area contributed by atoms with Crippen molar-refractivity contribution in [3.8, 4) is 0 Å². The zero-order chi connectivity index (χ0) is 17.4. The number of nitrogens with two attached hydrogens (primary N) is 1. The van der Waals surface area contributed by atoms with E-state index in [4.69, 9.17) is 5.73 Å². The minimum absolute atomic E-state index is 0.0915. The predicted octanol–water partition coefficient (Wildman–Crippen LogP) is 2.14. The first kappa shape index (κ1) is 18.5. The number of methoxy groups -OCH3 is 1. The highest BCUT2D eigenvalue weighted by Crippen LogP contribution is 2.36. The molecule has 1 aliphatic rings. The number of nitrogens with zero attached hydrogens (tertiary/aromatic N) is 1. The molecule has 0 aromatic heterocycles. The molecule has 0 unspecified atom stereocenters. The van der Waals surface area contributed by atoms with E-state index >= 15 is 0 Å². The molecule has 1 atom stereocenters. The van der Waals surface area contributed by atoms with Gasteiger partial charge in [0.1, 0.15) is 0 Å². The van der Waals surface area contributed by atoms with Crippen molar-refractivity contribution in [2.24, 2.45) is 11.1 Å². The molecule has 2 rings (SSSR count). The molecule has 0 bridgehead atoms. The molecule has 2 N–H and O–H groups in total. The van der Waals surface area contributed by atoms with Gasteiger partial charge in [0.25, 0.3) is 0 Å². The lowest BCUT2D eigenvalue weighted by atomic mass is 9.74. The van der Waals surface area contributed by atoms with Crippen LogP contribution in [0.25, 0.3) is 0 Å². The van der Waals surface area contributed by atoms with Crippen LogP contribution in [0.1, 0.15) is 37.7 Å². The van der Waals surface area contributed by atoms with Crippen LogP contribution in [0.5, 0.6) is 0 Å². The van der Waals surface area contributed by atoms with Crippen molar-refractivity contribution < 1.29 is 14.3 Å². The number of amides is 1. The lowest BCUT2D eigenvalue weighted by Crippen LogP contribution is -2.47. The number of carbonyl (C=O) groups excluding carboxylic acids is 2. The van der Waals surface area contributed by atoms with Gasteiger partial charge in [-0.25, -0.2) is 0 Å². The number of ether oxygens (including phenoxy) is 1. The Morgan fingerprint density at radius 2 is 2.08 bits per heavy atom. The minimum atomic E-state index is -0.223. The summed E-state index contributed by atoms with van der Waals surface area (Å²) in [6.45, 7) is 1.89. The summed E-state index contributed by atoms with van der Waals surface area (Å²) in [5.41, 5.74) is 7.23. The topological polar surface area (TPSA) is 72.6 Å². The molecular weight excluding hydrogens is 304 g/mol. The van der Waals surface area contributed by atoms with Crippen molar-refractivity contribution in [2.75, 3.05) is 26.7 Å². The first-order valence-electron chi connectivity index (χ1n) is 8.67. The van der Waals surface area contributed by atoms with Gasteiger partial charge in [-0.15, -0.1) is 0 Å². The second kappa shape index (κ2) is 8.83. The molecule has 1 amide bonds. The molecule has 1 aliphatic heterocycles. The third-order valence-electron chi connectivity index (χ3n) is 5.05. The smallest absolute Gasteiger partial charge is 0.305 e. The lowest BCUT2D eigenvalue weighted by Gasteiger charge is -2.41. The van der Waals surface area contributed by atoms with E-state index in [2.05, 4.69) is 16.9 Å². The van der Waals surface area contributed by atoms with Gasteiger partial charge in [0.15, 0.2) is 0 Å². The zero-order valence-electron chi connectivity index (χ0n) is 14.5. The summed E-state index contributed by atoms with van der Waals surface area (Å²) in [4.78, 5) is 25.5. The van der Waals surface area contributed by atoms with E-state index in [-0.39, 0.29) is 17.3 Å². The van der Waals surface area contributed by atoms with Crippen LogP contribution in [0.15, 0.2) is 30.3 Å². The third kappa shape index (κ3) is 5.06. The molecule has 24 heavy (non-hydrogen) atoms. The van der Waals surface area contributed by atoms with Crippen molar-refractivity contribution in [1.82, 2.24) is 4.90 Å². The molecule has 1 aromatic carbocycles. The van der Waals surface area contributed by atoms with Gasteiger partial charge in [0, 0.05) is 25.9 Å². The maximum Gasteiger partial charge on any atom is 0.305 e. The average molecular weight is 332 g/mol. The molecule has 0 aliphatic carbocycles. The van der Waals surface area contributed by atoms with Gasteiger partial charge in [-0.3, -0.25) is 9.59 Å². The van der Waals surface area contributed by atoms with Crippen molar-refractivity contribution in [1.29, 1.82) is 0 Å². The summed E-state index contributed by atoms with van der Waals surface area (Å²) in [5, 5.41) is 0. The normalized spacial score (nSPS) is 20.9. The third-order valence-corrected chi connectivity index (χ3v) is 5.05. The molecule has 5 nitrogen and oxygen atoms in total. The van der Waals surface area contributed by atoms with E-state index < -0.39 is 0 Å². The lowest BCUT2D eigenvalue weighted by molar-refractivity contribution is -0.142. The Kier molecular flexibility index (Phi) is 6.79. The minimum Gasteiger partial charge on any atom is -0.469 e. The van der Waals surface area contributed by atoms with Gasteiger partial charge in [-0.05, 0) is 43.2 Å². The number of esters is 1. The van der Waals surface area contributed by atoms with Gasteiger partial charge in [-0.1, -0.05) is 30.3 Å². The van der Waals surface area contributed by atoms with E-state index in [1.54, 1.807) is 0 Å². The number of carbonyl (C=O) groups is 2. The van der Waals surface area contributed by atoms with Crippen molar-refractivity contribution in [3.05, 3.63) is 35.9 Å². The average Bonchev–Trinajstić information content (AvgIpc) is 2.62. The summed E-state index contributed by atoms with van der Waals surface area (Å²) >= 11 is 0. The Balaban J connectivity index is 1.84. The fraction of sp³-hybridized carbons (Fsp3) is 0.579. The Labute approximate surface area is 144 Å². The first-order valence-corrected chi connectivity index (χ1v) is 8.67. The number of rotatable bonds is 8. The Bertz CT molecular complexity index is 547. The maximum atomic E-state index is 12.5. The molecule has 132 valence electrons. The van der Waals surface area contributed by atoms with E-state index in [0.29, 0.717) is 32.4 Å². The van der Waals surface area contributed by atoms with Gasteiger partial charge in [-0.2, -0.15) is 0 Å². The van der Waals surface area contributed by atoms with Gasteiger partial charge in [0.2, 0.25) is 5.91 Å². The summed E-state index contributed by atoms with van der Waals surface area (Å²) in [5.74, 6) is -0.0664. The predicted molar refractivity (Wildman–Crippen MR) is 93.3 cm³/mol. The molecule has 0 saturated carbocycles. The maximum absolute atomic E-state index is 12.5. The SMILES string of the molecule is COC(=O)CCCN1CC[C@@](CN)(CCc2ccccc2)CC1=O. The number of piperidine rings is 1. The van der Waals surface area contributed by atoms with E-state index in [9.17, 15) is 9.59 Å². The summed E-state index contributed by atoms with van der Waals surface area (Å²) in [6.07, 6.45) is 4.34. The first-order chi connectivity index (χ1) is 11.6. The largest absolute Gasteiger partial charge is 0.469 e. The van der Waals surface area contributed by atoms with Crippen molar-refractivity contribution in [2.45, 2.75) is 38.5 Å². The Morgan fingerprint density at radius 3 is 2.71 bits per heavy atom. The van der Waals surface area contributed by atoms with Crippen LogP contribution in [0.2, 0.25) is 0 Å². The molecular formula is C19H28N2O3. The van der Waals surface area contributed by atoms with Crippen molar-refractivity contribution in [3.63, 3.8) is 0 Å². The highest BCUT2D eigenvalue weighted by Gasteiger charge is 2.37. The number of hydrogen-bond acceptors (Lipinski definition) is 4. The molecule has 1 fully saturated rings. The fourth-order valence-corrected chi connectivity index (χ4v) is 3.31. The quantitative estimate of drug-likeness (QED) is 0.740. The highest BCUT2D eigenvalue weighted by atomic mass is 16.5. The number of likely N-dealkylation sites (tertiary alicyclic amines) is 1. The van der Waals surface area contributed by atoms with Gasteiger partial charge >= 0.3 is 5.97 Å². The zero-order valence-corrected chi connectivity index (χ0v) is 14.5. The van der Waals surface area contributed by atoms with Gasteiger partial charge < -0.3 is 15.4 Å². The van der Waals surface area contributed by atoms with Crippen LogP contribution >= 0.6 is 0 Å². The van der Waals surface area contributed by atoms with Crippen LogP contribution in [0, 0.1) is 5.41 Å². The van der Waals surface area contributed by atoms with Crippen molar-refractivity contribution >= 4 is 11.9 Å². The fourth-order valence-electron chi connectivity index (χ4n) is 3.31. The second-order valence-electron chi connectivity index (χ2n) is 6.68. The summed E-state index contributed by atoms with van der Waals surface area (Å²) in [6, 6.07) is 10.3. The van der Waals surface area contributed by atoms with E-state index in [1.807, 2.05) is 23.1 Å². The monoisotopic (exact) mass is 332 g/mol. The van der Waals surface area contributed by atoms with Crippen LogP contribution in [-0.4, -0.2) is 43.5 Å². The van der Waals surface area contributed by atoms with Crippen LogP contribution in [0.4, 0.5) is 0 Å². The molecule has 1 saturated heterocycles. The molecule has 5 heteroatoms. The highest BCUT2D eigenvalue weighted by molar-refractivity contribution is 5.78.